The highest BCUT2D eigenvalue weighted by molar-refractivity contribution is 7.89. The van der Waals surface area contributed by atoms with E-state index in [0.717, 1.165) is 36.8 Å². The Morgan fingerprint density at radius 2 is 1.86 bits per heavy atom. The van der Waals surface area contributed by atoms with Crippen molar-refractivity contribution in [3.05, 3.63) is 29.3 Å². The van der Waals surface area contributed by atoms with E-state index >= 15 is 0 Å². The van der Waals surface area contributed by atoms with Crippen molar-refractivity contribution in [2.75, 3.05) is 7.05 Å². The highest BCUT2D eigenvalue weighted by atomic mass is 32.2. The molecule has 1 aliphatic rings. The van der Waals surface area contributed by atoms with Crippen LogP contribution < -0.4 is 10.0 Å². The van der Waals surface area contributed by atoms with Crippen LogP contribution in [0.2, 0.25) is 0 Å². The Morgan fingerprint density at radius 1 is 1.19 bits per heavy atom. The molecule has 1 fully saturated rings. The van der Waals surface area contributed by atoms with Crippen molar-refractivity contribution < 1.29 is 8.42 Å². The van der Waals surface area contributed by atoms with Crippen LogP contribution in [-0.2, 0) is 16.6 Å². The standard InChI is InChI=1S/C16H26N2O2S/c1-12-7-9-15(10-8-12)18-21(19,20)16-6-4-5-14(11-17-3)13(16)2/h4-6,12,15,17-18H,7-11H2,1-3H3. The zero-order valence-electron chi connectivity index (χ0n) is 13.1. The molecule has 0 bridgehead atoms. The first-order valence-electron chi connectivity index (χ1n) is 7.69. The van der Waals surface area contributed by atoms with Gasteiger partial charge in [0.25, 0.3) is 0 Å². The Bertz CT molecular complexity index is 576. The van der Waals surface area contributed by atoms with E-state index in [4.69, 9.17) is 0 Å². The van der Waals surface area contributed by atoms with Crippen LogP contribution in [0.25, 0.3) is 0 Å². The summed E-state index contributed by atoms with van der Waals surface area (Å²) in [6.45, 7) is 4.79. The molecule has 0 unspecified atom stereocenters. The first kappa shape index (κ1) is 16.5. The fraction of sp³-hybridized carbons (Fsp3) is 0.625. The number of rotatable bonds is 5. The average Bonchev–Trinajstić information content (AvgIpc) is 2.43. The zero-order valence-corrected chi connectivity index (χ0v) is 14.0. The molecular weight excluding hydrogens is 284 g/mol. The Morgan fingerprint density at radius 3 is 2.48 bits per heavy atom. The first-order valence-corrected chi connectivity index (χ1v) is 9.17. The molecule has 0 amide bonds. The van der Waals surface area contributed by atoms with E-state index in [-0.39, 0.29) is 6.04 Å². The van der Waals surface area contributed by atoms with Crippen LogP contribution >= 0.6 is 0 Å². The molecule has 0 spiro atoms. The Hall–Kier alpha value is -0.910. The van der Waals surface area contributed by atoms with E-state index in [0.29, 0.717) is 17.4 Å². The van der Waals surface area contributed by atoms with Gasteiger partial charge in [-0.3, -0.25) is 0 Å². The van der Waals surface area contributed by atoms with E-state index in [2.05, 4.69) is 17.0 Å². The van der Waals surface area contributed by atoms with Gasteiger partial charge in [0.05, 0.1) is 4.90 Å². The molecule has 21 heavy (non-hydrogen) atoms. The normalized spacial score (nSPS) is 23.2. The second-order valence-electron chi connectivity index (χ2n) is 6.15. The van der Waals surface area contributed by atoms with Crippen LogP contribution in [0.3, 0.4) is 0 Å². The Balaban J connectivity index is 2.18. The molecule has 1 aromatic rings. The molecule has 1 aliphatic carbocycles. The van der Waals surface area contributed by atoms with Crippen LogP contribution in [0.5, 0.6) is 0 Å². The number of benzene rings is 1. The van der Waals surface area contributed by atoms with E-state index in [1.54, 1.807) is 6.07 Å². The van der Waals surface area contributed by atoms with E-state index in [1.165, 1.54) is 0 Å². The second kappa shape index (κ2) is 6.90. The van der Waals surface area contributed by atoms with Crippen molar-refractivity contribution in [1.29, 1.82) is 0 Å². The number of nitrogens with one attached hydrogen (secondary N) is 2. The summed E-state index contributed by atoms with van der Waals surface area (Å²) in [7, 11) is -1.56. The molecule has 0 aliphatic heterocycles. The fourth-order valence-electron chi connectivity index (χ4n) is 2.99. The SMILES string of the molecule is CNCc1cccc(S(=O)(=O)NC2CCC(C)CC2)c1C. The molecular formula is C16H26N2O2S. The molecule has 1 saturated carbocycles. The Labute approximate surface area is 128 Å². The number of hydrogen-bond acceptors (Lipinski definition) is 3. The summed E-state index contributed by atoms with van der Waals surface area (Å²) in [5, 5.41) is 3.07. The second-order valence-corrected chi connectivity index (χ2v) is 7.83. The van der Waals surface area contributed by atoms with Crippen LogP contribution in [0.15, 0.2) is 23.1 Å². The smallest absolute Gasteiger partial charge is 0.241 e. The number of hydrogen-bond donors (Lipinski definition) is 2. The molecule has 2 N–H and O–H groups in total. The average molecular weight is 310 g/mol. The maximum Gasteiger partial charge on any atom is 0.241 e. The molecule has 4 nitrogen and oxygen atoms in total. The van der Waals surface area contributed by atoms with Gasteiger partial charge in [0.15, 0.2) is 0 Å². The molecule has 0 saturated heterocycles. The summed E-state index contributed by atoms with van der Waals surface area (Å²) < 4.78 is 28.1. The molecule has 2 rings (SSSR count). The van der Waals surface area contributed by atoms with E-state index in [9.17, 15) is 8.42 Å². The van der Waals surface area contributed by atoms with Gasteiger partial charge >= 0.3 is 0 Å². The molecule has 118 valence electrons. The molecule has 1 aromatic carbocycles. The summed E-state index contributed by atoms with van der Waals surface area (Å²) in [5.41, 5.74) is 1.86. The van der Waals surface area contributed by atoms with E-state index in [1.807, 2.05) is 26.1 Å². The lowest BCUT2D eigenvalue weighted by Gasteiger charge is -2.27. The van der Waals surface area contributed by atoms with Crippen molar-refractivity contribution in [3.63, 3.8) is 0 Å². The lowest BCUT2D eigenvalue weighted by atomic mass is 9.88. The predicted molar refractivity (Wildman–Crippen MR) is 85.7 cm³/mol. The minimum Gasteiger partial charge on any atom is -0.316 e. The van der Waals surface area contributed by atoms with Crippen molar-refractivity contribution in [3.8, 4) is 0 Å². The summed E-state index contributed by atoms with van der Waals surface area (Å²) in [6.07, 6.45) is 4.09. The van der Waals surface area contributed by atoms with Crippen molar-refractivity contribution in [2.45, 2.75) is 57.0 Å². The van der Waals surface area contributed by atoms with Gasteiger partial charge in [-0.05, 0) is 62.8 Å². The summed E-state index contributed by atoms with van der Waals surface area (Å²) in [5.74, 6) is 0.714. The molecule has 0 heterocycles. The first-order chi connectivity index (χ1) is 9.94. The molecule has 0 atom stereocenters. The third-order valence-corrected chi connectivity index (χ3v) is 6.06. The minimum absolute atomic E-state index is 0.0820. The third-order valence-electron chi connectivity index (χ3n) is 4.39. The minimum atomic E-state index is -3.43. The predicted octanol–water partition coefficient (Wildman–Crippen LogP) is 2.57. The Kier molecular flexibility index (Phi) is 5.41. The lowest BCUT2D eigenvalue weighted by Crippen LogP contribution is -2.37. The van der Waals surface area contributed by atoms with E-state index < -0.39 is 10.0 Å². The largest absolute Gasteiger partial charge is 0.316 e. The summed E-state index contributed by atoms with van der Waals surface area (Å²) in [6, 6.07) is 5.56. The quantitative estimate of drug-likeness (QED) is 0.879. The lowest BCUT2D eigenvalue weighted by molar-refractivity contribution is 0.332. The maximum absolute atomic E-state index is 12.6. The summed E-state index contributed by atoms with van der Waals surface area (Å²) in [4.78, 5) is 0.411. The van der Waals surface area contributed by atoms with Crippen LogP contribution in [0, 0.1) is 12.8 Å². The molecule has 0 aromatic heterocycles. The molecule has 5 heteroatoms. The molecule has 0 radical (unpaired) electrons. The third kappa shape index (κ3) is 4.05. The fourth-order valence-corrected chi connectivity index (χ4v) is 4.59. The van der Waals surface area contributed by atoms with Crippen molar-refractivity contribution in [1.82, 2.24) is 10.0 Å². The number of sulfonamides is 1. The van der Waals surface area contributed by atoms with Gasteiger partial charge < -0.3 is 5.32 Å². The van der Waals surface area contributed by atoms with Gasteiger partial charge in [0.2, 0.25) is 10.0 Å². The van der Waals surface area contributed by atoms with Gasteiger partial charge in [0, 0.05) is 12.6 Å². The van der Waals surface area contributed by atoms with Gasteiger partial charge in [-0.2, -0.15) is 0 Å². The van der Waals surface area contributed by atoms with Gasteiger partial charge in [-0.15, -0.1) is 0 Å². The van der Waals surface area contributed by atoms with Crippen molar-refractivity contribution in [2.24, 2.45) is 5.92 Å². The topological polar surface area (TPSA) is 58.2 Å². The van der Waals surface area contributed by atoms with Crippen LogP contribution in [0.1, 0.15) is 43.7 Å². The van der Waals surface area contributed by atoms with Crippen molar-refractivity contribution >= 4 is 10.0 Å². The highest BCUT2D eigenvalue weighted by Gasteiger charge is 2.25. The summed E-state index contributed by atoms with van der Waals surface area (Å²) >= 11 is 0. The van der Waals surface area contributed by atoms with Gasteiger partial charge in [-0.1, -0.05) is 19.1 Å². The zero-order chi connectivity index (χ0) is 15.5. The highest BCUT2D eigenvalue weighted by Crippen LogP contribution is 2.26. The maximum atomic E-state index is 12.6. The van der Waals surface area contributed by atoms with Crippen LogP contribution in [-0.4, -0.2) is 21.5 Å². The van der Waals surface area contributed by atoms with Crippen LogP contribution in [0.4, 0.5) is 0 Å². The van der Waals surface area contributed by atoms with Gasteiger partial charge in [-0.25, -0.2) is 13.1 Å². The monoisotopic (exact) mass is 310 g/mol. The van der Waals surface area contributed by atoms with Gasteiger partial charge in [0.1, 0.15) is 0 Å².